The molecule has 0 radical (unpaired) electrons. The van der Waals surface area contributed by atoms with Gasteiger partial charge in [-0.05, 0) is 39.3 Å². The molecule has 2 fully saturated rings. The first-order chi connectivity index (χ1) is 22.8. The molecule has 5 atom stereocenters. The summed E-state index contributed by atoms with van der Waals surface area (Å²) in [6.07, 6.45) is 0.221. The van der Waals surface area contributed by atoms with Crippen LogP contribution < -0.4 is 26.3 Å². The van der Waals surface area contributed by atoms with Crippen molar-refractivity contribution in [2.45, 2.75) is 62.9 Å². The van der Waals surface area contributed by atoms with Crippen molar-refractivity contribution < 1.29 is 38.1 Å². The van der Waals surface area contributed by atoms with Gasteiger partial charge in [0.1, 0.15) is 40.8 Å². The minimum absolute atomic E-state index is 0.0231. The van der Waals surface area contributed by atoms with E-state index in [1.165, 1.54) is 11.0 Å². The zero-order valence-electron chi connectivity index (χ0n) is 27.4. The average molecular weight is 660 g/mol. The monoisotopic (exact) mass is 659 g/mol. The van der Waals surface area contributed by atoms with E-state index in [-0.39, 0.29) is 25.4 Å². The van der Waals surface area contributed by atoms with Gasteiger partial charge in [0.25, 0.3) is 0 Å². The van der Waals surface area contributed by atoms with Crippen LogP contribution in [0.4, 0.5) is 4.79 Å². The van der Waals surface area contributed by atoms with Crippen molar-refractivity contribution in [2.24, 2.45) is 17.4 Å². The third-order valence-electron chi connectivity index (χ3n) is 8.30. The number of aromatic nitrogens is 1. The summed E-state index contributed by atoms with van der Waals surface area (Å²) in [4.78, 5) is 58.9. The van der Waals surface area contributed by atoms with Crippen molar-refractivity contribution in [1.29, 1.82) is 0 Å². The van der Waals surface area contributed by atoms with E-state index >= 15 is 0 Å². The summed E-state index contributed by atoms with van der Waals surface area (Å²) in [5, 5.41) is 3.16. The maximum Gasteiger partial charge on any atom is 0.408 e. The molecule has 2 aromatic carbocycles. The molecule has 254 valence electrons. The van der Waals surface area contributed by atoms with Crippen LogP contribution in [0.2, 0.25) is 0 Å². The second-order valence-electron chi connectivity index (χ2n) is 13.0. The number of nitrogens with one attached hydrogen (secondary N) is 1. The quantitative estimate of drug-likeness (QED) is 0.165. The first kappa shape index (κ1) is 34.3. The molecule has 2 amide bonds. The second kappa shape index (κ2) is 13.6. The first-order valence-corrected chi connectivity index (χ1v) is 15.6. The maximum atomic E-state index is 13.9. The number of hydrogen-bond donors (Lipinski definition) is 3. The molecule has 0 spiro atoms. The number of carbonyl (C=O) groups excluding carboxylic acids is 4. The van der Waals surface area contributed by atoms with Gasteiger partial charge in [0, 0.05) is 42.0 Å². The molecule has 48 heavy (non-hydrogen) atoms. The Labute approximate surface area is 278 Å². The normalized spacial score (nSPS) is 22.4. The molecule has 13 heteroatoms. The van der Waals surface area contributed by atoms with Gasteiger partial charge in [-0.2, -0.15) is 0 Å². The third-order valence-corrected chi connectivity index (χ3v) is 8.30. The van der Waals surface area contributed by atoms with Gasteiger partial charge in [0.2, 0.25) is 5.91 Å². The van der Waals surface area contributed by atoms with Crippen LogP contribution in [0.1, 0.15) is 33.6 Å². The SMILES string of the molecule is C=C[C@@H]1C[C@]1(N)C(=O)OC(=O)[C@@H]1C[C@@H](Oc2cc(-c3ccccc3)nc3cc(OC)ccc23)CN1C(=O)[C@H](CN)NC(=O)OC(C)(C)C. The fourth-order valence-electron chi connectivity index (χ4n) is 5.65. The summed E-state index contributed by atoms with van der Waals surface area (Å²) in [7, 11) is 1.56. The van der Waals surface area contributed by atoms with Crippen LogP contribution in [0.3, 0.4) is 0 Å². The van der Waals surface area contributed by atoms with Crippen LogP contribution in [-0.4, -0.2) is 83.3 Å². The average Bonchev–Trinajstić information content (AvgIpc) is 3.56. The van der Waals surface area contributed by atoms with E-state index in [1.807, 2.05) is 36.4 Å². The largest absolute Gasteiger partial charge is 0.497 e. The Bertz CT molecular complexity index is 1730. The number of amides is 2. The number of nitrogens with two attached hydrogens (primary N) is 2. The van der Waals surface area contributed by atoms with Crippen LogP contribution in [-0.2, 0) is 23.9 Å². The number of nitrogens with zero attached hydrogens (tertiary/aromatic N) is 2. The molecule has 1 aliphatic heterocycles. The molecule has 13 nitrogen and oxygen atoms in total. The molecule has 2 aliphatic rings. The Morgan fingerprint density at radius 1 is 1.15 bits per heavy atom. The zero-order valence-corrected chi connectivity index (χ0v) is 27.4. The topological polar surface area (TPSA) is 185 Å². The second-order valence-corrected chi connectivity index (χ2v) is 13.0. The van der Waals surface area contributed by atoms with E-state index in [1.54, 1.807) is 46.1 Å². The van der Waals surface area contributed by atoms with Crippen LogP contribution in [0, 0.1) is 5.92 Å². The minimum atomic E-state index is -1.36. The number of benzene rings is 2. The number of methoxy groups -OCH3 is 1. The van der Waals surface area contributed by atoms with E-state index in [0.29, 0.717) is 34.5 Å². The molecule has 5 N–H and O–H groups in total. The van der Waals surface area contributed by atoms with Crippen LogP contribution in [0.5, 0.6) is 11.5 Å². The van der Waals surface area contributed by atoms with Gasteiger partial charge in [-0.1, -0.05) is 36.4 Å². The number of likely N-dealkylation sites (tertiary alicyclic amines) is 1. The smallest absolute Gasteiger partial charge is 0.408 e. The van der Waals surface area contributed by atoms with Crippen molar-refractivity contribution in [3.8, 4) is 22.8 Å². The lowest BCUT2D eigenvalue weighted by atomic mass is 10.1. The van der Waals surface area contributed by atoms with Gasteiger partial charge in [-0.3, -0.25) is 4.79 Å². The summed E-state index contributed by atoms with van der Waals surface area (Å²) in [6, 6.07) is 14.2. The Balaban J connectivity index is 1.45. The molecule has 0 bridgehead atoms. The number of carbonyl (C=O) groups is 4. The molecule has 1 aliphatic carbocycles. The van der Waals surface area contributed by atoms with Crippen molar-refractivity contribution >= 4 is 34.8 Å². The summed E-state index contributed by atoms with van der Waals surface area (Å²) in [5.41, 5.74) is 11.9. The van der Waals surface area contributed by atoms with Gasteiger partial charge in [0.05, 0.1) is 24.9 Å². The number of rotatable bonds is 10. The molecule has 2 heterocycles. The molecular weight excluding hydrogens is 618 g/mol. The summed E-state index contributed by atoms with van der Waals surface area (Å²) in [6.45, 7) is 8.34. The maximum absolute atomic E-state index is 13.9. The lowest BCUT2D eigenvalue weighted by Crippen LogP contribution is -2.55. The van der Waals surface area contributed by atoms with Crippen molar-refractivity contribution in [1.82, 2.24) is 15.2 Å². The van der Waals surface area contributed by atoms with Gasteiger partial charge < -0.3 is 40.6 Å². The van der Waals surface area contributed by atoms with Crippen LogP contribution >= 0.6 is 0 Å². The van der Waals surface area contributed by atoms with Crippen LogP contribution in [0.25, 0.3) is 22.2 Å². The van der Waals surface area contributed by atoms with Crippen molar-refractivity contribution in [3.63, 3.8) is 0 Å². The fourth-order valence-corrected chi connectivity index (χ4v) is 5.65. The van der Waals surface area contributed by atoms with Gasteiger partial charge in [-0.25, -0.2) is 19.4 Å². The molecule has 1 aromatic heterocycles. The number of ether oxygens (including phenoxy) is 4. The Hall–Kier alpha value is -5.01. The van der Waals surface area contributed by atoms with Crippen molar-refractivity contribution in [3.05, 3.63) is 67.3 Å². The number of hydrogen-bond acceptors (Lipinski definition) is 11. The van der Waals surface area contributed by atoms with Gasteiger partial charge in [0.15, 0.2) is 0 Å². The lowest BCUT2D eigenvalue weighted by Gasteiger charge is -2.28. The molecule has 0 unspecified atom stereocenters. The summed E-state index contributed by atoms with van der Waals surface area (Å²) in [5.74, 6) is -1.81. The molecular formula is C35H41N5O8. The number of pyridine rings is 1. The number of esters is 2. The fraction of sp³-hybridized carbons (Fsp3) is 0.400. The van der Waals surface area contributed by atoms with E-state index < -0.39 is 53.3 Å². The predicted molar refractivity (Wildman–Crippen MR) is 177 cm³/mol. The van der Waals surface area contributed by atoms with Gasteiger partial charge in [-0.15, -0.1) is 6.58 Å². The van der Waals surface area contributed by atoms with E-state index in [9.17, 15) is 19.2 Å². The molecule has 1 saturated heterocycles. The molecule has 1 saturated carbocycles. The van der Waals surface area contributed by atoms with E-state index in [2.05, 4.69) is 11.9 Å². The molecule has 3 aromatic rings. The van der Waals surface area contributed by atoms with Gasteiger partial charge >= 0.3 is 18.0 Å². The highest BCUT2D eigenvalue weighted by Crippen LogP contribution is 2.43. The Morgan fingerprint density at radius 3 is 2.50 bits per heavy atom. The predicted octanol–water partition coefficient (Wildman–Crippen LogP) is 3.08. The Kier molecular flexibility index (Phi) is 9.74. The first-order valence-electron chi connectivity index (χ1n) is 15.6. The number of alkyl carbamates (subject to hydrolysis) is 1. The van der Waals surface area contributed by atoms with Crippen molar-refractivity contribution in [2.75, 3.05) is 20.2 Å². The minimum Gasteiger partial charge on any atom is -0.497 e. The standard InChI is InChI=1S/C35H41N5O8/c1-6-21-17-35(21,37)32(43)47-31(42)28-15-23(19-40(28)30(41)27(18-36)39-33(44)48-34(2,3)4)46-29-16-25(20-10-8-7-9-11-20)38-26-14-22(45-5)12-13-24(26)29/h6-14,16,21,23,27-28H,1,15,17-19,36-37H2,2-5H3,(H,39,44)/t21-,23-,27+,28+,35-/m1/s1. The summed E-state index contributed by atoms with van der Waals surface area (Å²) < 4.78 is 22.5. The van der Waals surface area contributed by atoms with Crippen LogP contribution in [0.15, 0.2) is 67.3 Å². The number of fused-ring (bicyclic) bond motifs is 1. The third kappa shape index (κ3) is 7.42. The van der Waals surface area contributed by atoms with E-state index in [0.717, 1.165) is 5.56 Å². The lowest BCUT2D eigenvalue weighted by molar-refractivity contribution is -0.166. The zero-order chi connectivity index (χ0) is 34.8. The van der Waals surface area contributed by atoms with E-state index in [4.69, 9.17) is 35.4 Å². The highest BCUT2D eigenvalue weighted by molar-refractivity contribution is 5.98. The molecule has 5 rings (SSSR count). The summed E-state index contributed by atoms with van der Waals surface area (Å²) >= 11 is 0. The highest BCUT2D eigenvalue weighted by atomic mass is 16.6. The highest BCUT2D eigenvalue weighted by Gasteiger charge is 2.58. The Morgan fingerprint density at radius 2 is 1.88 bits per heavy atom.